The summed E-state index contributed by atoms with van der Waals surface area (Å²) in [6.07, 6.45) is 2.29. The van der Waals surface area contributed by atoms with Crippen LogP contribution in [-0.2, 0) is 6.42 Å². The predicted molar refractivity (Wildman–Crippen MR) is 73.5 cm³/mol. The van der Waals surface area contributed by atoms with Gasteiger partial charge in [-0.1, -0.05) is 41.9 Å². The van der Waals surface area contributed by atoms with E-state index in [1.54, 1.807) is 6.07 Å². The largest absolute Gasteiger partial charge is 0.305 e. The zero-order chi connectivity index (χ0) is 13.7. The van der Waals surface area contributed by atoms with Gasteiger partial charge in [0.05, 0.1) is 4.92 Å². The highest BCUT2D eigenvalue weighted by Crippen LogP contribution is 2.24. The number of nitro benzene ring substituents is 1. The summed E-state index contributed by atoms with van der Waals surface area (Å²) >= 11 is 3.55. The molecule has 100 valence electrons. The van der Waals surface area contributed by atoms with Gasteiger partial charge in [-0.15, -0.1) is 0 Å². The smallest absolute Gasteiger partial charge is 0.258 e. The molecule has 1 aromatic carbocycles. The van der Waals surface area contributed by atoms with E-state index in [1.165, 1.54) is 12.1 Å². The van der Waals surface area contributed by atoms with Crippen LogP contribution in [0.2, 0.25) is 0 Å². The van der Waals surface area contributed by atoms with Gasteiger partial charge in [0.15, 0.2) is 0 Å². The maximum atomic E-state index is 13.8. The Morgan fingerprint density at radius 1 is 1.44 bits per heavy atom. The second-order valence-corrected chi connectivity index (χ2v) is 6.07. The number of hydrogen-bond donors (Lipinski definition) is 0. The van der Waals surface area contributed by atoms with Gasteiger partial charge in [-0.3, -0.25) is 10.1 Å². The fourth-order valence-electron chi connectivity index (χ4n) is 1.84. The molecule has 18 heavy (non-hydrogen) atoms. The second kappa shape index (κ2) is 6.83. The Morgan fingerprint density at radius 3 is 2.67 bits per heavy atom. The van der Waals surface area contributed by atoms with Crippen LogP contribution in [0.4, 0.5) is 10.1 Å². The molecule has 0 aliphatic carbocycles. The third kappa shape index (κ3) is 4.37. The topological polar surface area (TPSA) is 43.1 Å². The molecular weight excluding hydrogens is 301 g/mol. The van der Waals surface area contributed by atoms with Gasteiger partial charge >= 0.3 is 5.69 Å². The minimum Gasteiger partial charge on any atom is -0.258 e. The van der Waals surface area contributed by atoms with Crippen molar-refractivity contribution in [3.05, 3.63) is 39.7 Å². The molecule has 0 spiro atoms. The van der Waals surface area contributed by atoms with Crippen LogP contribution in [0.15, 0.2) is 18.2 Å². The van der Waals surface area contributed by atoms with Gasteiger partial charge in [-0.25, -0.2) is 0 Å². The summed E-state index contributed by atoms with van der Waals surface area (Å²) in [5.74, 6) is -0.129. The Morgan fingerprint density at radius 2 is 2.11 bits per heavy atom. The molecule has 1 unspecified atom stereocenters. The Bertz CT molecular complexity index is 423. The lowest BCUT2D eigenvalue weighted by Gasteiger charge is -2.12. The standard InChI is InChI=1S/C13H17BrFNO2/c1-9(2)8-11(14)7-6-10-4-3-5-12(13(10)15)16(17)18/h3-5,9,11H,6-8H2,1-2H3. The Labute approximate surface area is 115 Å². The molecule has 0 aromatic heterocycles. The third-order valence-corrected chi connectivity index (χ3v) is 3.54. The SMILES string of the molecule is CC(C)CC(Br)CCc1cccc([N+](=O)[O-])c1F. The summed E-state index contributed by atoms with van der Waals surface area (Å²) in [5, 5.41) is 10.6. The molecule has 0 aliphatic rings. The van der Waals surface area contributed by atoms with Crippen LogP contribution >= 0.6 is 15.9 Å². The van der Waals surface area contributed by atoms with Crippen LogP contribution in [0, 0.1) is 21.8 Å². The lowest BCUT2D eigenvalue weighted by atomic mass is 10.0. The van der Waals surface area contributed by atoms with Crippen molar-refractivity contribution in [2.45, 2.75) is 37.9 Å². The Hall–Kier alpha value is -0.970. The van der Waals surface area contributed by atoms with Crippen molar-refractivity contribution in [1.82, 2.24) is 0 Å². The molecule has 5 heteroatoms. The van der Waals surface area contributed by atoms with Gasteiger partial charge in [0, 0.05) is 10.9 Å². The normalized spacial score (nSPS) is 12.7. The van der Waals surface area contributed by atoms with E-state index >= 15 is 0 Å². The first kappa shape index (κ1) is 15.1. The fourth-order valence-corrected chi connectivity index (χ4v) is 2.82. The van der Waals surface area contributed by atoms with Gasteiger partial charge in [-0.05, 0) is 30.7 Å². The predicted octanol–water partition coefficient (Wildman–Crippen LogP) is 4.48. The van der Waals surface area contributed by atoms with E-state index in [1.807, 2.05) is 0 Å². The van der Waals surface area contributed by atoms with Crippen LogP contribution in [-0.4, -0.2) is 9.75 Å². The number of hydrogen-bond acceptors (Lipinski definition) is 2. The maximum absolute atomic E-state index is 13.8. The summed E-state index contributed by atoms with van der Waals surface area (Å²) in [6, 6.07) is 4.33. The van der Waals surface area contributed by atoms with Crippen LogP contribution in [0.25, 0.3) is 0 Å². The molecule has 0 amide bonds. The second-order valence-electron chi connectivity index (χ2n) is 4.77. The first-order valence-corrected chi connectivity index (χ1v) is 6.89. The monoisotopic (exact) mass is 317 g/mol. The van der Waals surface area contributed by atoms with Gasteiger partial charge in [-0.2, -0.15) is 4.39 Å². The van der Waals surface area contributed by atoms with Crippen LogP contribution in [0.1, 0.15) is 32.3 Å². The van der Waals surface area contributed by atoms with Crippen molar-refractivity contribution in [2.24, 2.45) is 5.92 Å². The first-order valence-electron chi connectivity index (χ1n) is 5.97. The summed E-state index contributed by atoms with van der Waals surface area (Å²) in [6.45, 7) is 4.25. The van der Waals surface area contributed by atoms with Crippen LogP contribution < -0.4 is 0 Å². The first-order chi connectivity index (χ1) is 8.41. The van der Waals surface area contributed by atoms with Gasteiger partial charge in [0.1, 0.15) is 0 Å². The summed E-state index contributed by atoms with van der Waals surface area (Å²) in [4.78, 5) is 10.2. The minimum absolute atomic E-state index is 0.316. The van der Waals surface area contributed by atoms with Crippen LogP contribution in [0.5, 0.6) is 0 Å². The Balaban J connectivity index is 2.68. The number of halogens is 2. The lowest BCUT2D eigenvalue weighted by Crippen LogP contribution is -2.06. The van der Waals surface area contributed by atoms with E-state index < -0.39 is 16.4 Å². The molecule has 0 saturated carbocycles. The van der Waals surface area contributed by atoms with E-state index in [9.17, 15) is 14.5 Å². The number of nitro groups is 1. The van der Waals surface area contributed by atoms with E-state index in [0.717, 1.165) is 12.8 Å². The molecule has 1 rings (SSSR count). The van der Waals surface area contributed by atoms with Crippen molar-refractivity contribution >= 4 is 21.6 Å². The number of benzene rings is 1. The van der Waals surface area contributed by atoms with Gasteiger partial charge in [0.25, 0.3) is 0 Å². The zero-order valence-electron chi connectivity index (χ0n) is 10.5. The van der Waals surface area contributed by atoms with E-state index in [4.69, 9.17) is 0 Å². The number of nitrogens with zero attached hydrogens (tertiary/aromatic N) is 1. The van der Waals surface area contributed by atoms with Gasteiger partial charge in [0.2, 0.25) is 5.82 Å². The molecule has 1 aromatic rings. The molecular formula is C13H17BrFNO2. The summed E-state index contributed by atoms with van der Waals surface area (Å²) < 4.78 is 13.8. The van der Waals surface area contributed by atoms with Crippen molar-refractivity contribution < 1.29 is 9.31 Å². The molecule has 0 radical (unpaired) electrons. The summed E-state index contributed by atoms with van der Waals surface area (Å²) in [5.41, 5.74) is -0.0279. The maximum Gasteiger partial charge on any atom is 0.305 e. The minimum atomic E-state index is -0.702. The quantitative estimate of drug-likeness (QED) is 0.441. The van der Waals surface area contributed by atoms with Gasteiger partial charge < -0.3 is 0 Å². The molecule has 3 nitrogen and oxygen atoms in total. The van der Waals surface area contributed by atoms with Crippen molar-refractivity contribution in [2.75, 3.05) is 0 Å². The van der Waals surface area contributed by atoms with Crippen LogP contribution in [0.3, 0.4) is 0 Å². The molecule has 0 aliphatic heterocycles. The number of rotatable bonds is 6. The highest BCUT2D eigenvalue weighted by atomic mass is 79.9. The fraction of sp³-hybridized carbons (Fsp3) is 0.538. The molecule has 1 atom stereocenters. The third-order valence-electron chi connectivity index (χ3n) is 2.71. The van der Waals surface area contributed by atoms with E-state index in [2.05, 4.69) is 29.8 Å². The highest BCUT2D eigenvalue weighted by molar-refractivity contribution is 9.09. The average Bonchev–Trinajstić information content (AvgIpc) is 2.26. The average molecular weight is 318 g/mol. The van der Waals surface area contributed by atoms with E-state index in [0.29, 0.717) is 22.7 Å². The molecule has 0 saturated heterocycles. The van der Waals surface area contributed by atoms with Crippen molar-refractivity contribution in [3.8, 4) is 0 Å². The van der Waals surface area contributed by atoms with Crippen molar-refractivity contribution in [1.29, 1.82) is 0 Å². The molecule has 0 bridgehead atoms. The van der Waals surface area contributed by atoms with Crippen molar-refractivity contribution in [3.63, 3.8) is 0 Å². The molecule has 0 heterocycles. The summed E-state index contributed by atoms with van der Waals surface area (Å²) in [7, 11) is 0. The molecule has 0 N–H and O–H groups in total. The Kier molecular flexibility index (Phi) is 5.72. The van der Waals surface area contributed by atoms with E-state index in [-0.39, 0.29) is 0 Å². The molecule has 0 fully saturated rings. The highest BCUT2D eigenvalue weighted by Gasteiger charge is 2.17. The number of alkyl halides is 1. The zero-order valence-corrected chi connectivity index (χ0v) is 12.1. The lowest BCUT2D eigenvalue weighted by molar-refractivity contribution is -0.387. The number of aryl methyl sites for hydroxylation is 1.